The molecule has 5 nitrogen and oxygen atoms in total. The van der Waals surface area contributed by atoms with Crippen LogP contribution in [0.3, 0.4) is 0 Å². The highest BCUT2D eigenvalue weighted by molar-refractivity contribution is 5.80. The predicted octanol–water partition coefficient (Wildman–Crippen LogP) is 11.1. The lowest BCUT2D eigenvalue weighted by atomic mass is 10.0. The quantitative estimate of drug-likeness (QED) is 0.0509. The molecule has 0 saturated heterocycles. The van der Waals surface area contributed by atoms with Crippen molar-refractivity contribution in [2.75, 3.05) is 6.61 Å². The summed E-state index contributed by atoms with van der Waals surface area (Å²) in [6, 6.07) is -0.704. The summed E-state index contributed by atoms with van der Waals surface area (Å²) in [5, 5.41) is 33.2. The Bertz CT molecular complexity index is 587. The van der Waals surface area contributed by atoms with Gasteiger partial charge in [0.25, 0.3) is 0 Å². The number of rotatable bonds is 37. The molecule has 0 heterocycles. The molecule has 0 aliphatic rings. The number of aliphatic hydroxyl groups is 3. The van der Waals surface area contributed by atoms with E-state index in [2.05, 4.69) is 19.2 Å². The van der Waals surface area contributed by atoms with Crippen LogP contribution < -0.4 is 5.32 Å². The third kappa shape index (κ3) is 31.7. The second-order valence-electron chi connectivity index (χ2n) is 14.2. The van der Waals surface area contributed by atoms with Gasteiger partial charge in [-0.1, -0.05) is 213 Å². The maximum atomic E-state index is 12.4. The van der Waals surface area contributed by atoms with Crippen LogP contribution in [0.5, 0.6) is 0 Å². The fourth-order valence-corrected chi connectivity index (χ4v) is 6.49. The number of carbonyl (C=O) groups is 1. The van der Waals surface area contributed by atoms with Crippen LogP contribution in [0.4, 0.5) is 0 Å². The first-order chi connectivity index (χ1) is 22.1. The first-order valence-electron chi connectivity index (χ1n) is 20.3. The largest absolute Gasteiger partial charge is 0.394 e. The lowest BCUT2D eigenvalue weighted by Crippen LogP contribution is -2.49. The molecule has 0 rings (SSSR count). The normalized spacial score (nSPS) is 13.6. The van der Waals surface area contributed by atoms with Crippen molar-refractivity contribution in [3.8, 4) is 0 Å². The molecular formula is C40H81NO4. The van der Waals surface area contributed by atoms with Crippen molar-refractivity contribution in [1.29, 1.82) is 0 Å². The minimum atomic E-state index is -1.07. The number of unbranched alkanes of at least 4 members (excludes halogenated alkanes) is 29. The molecular weight excluding hydrogens is 558 g/mol. The van der Waals surface area contributed by atoms with Gasteiger partial charge >= 0.3 is 0 Å². The highest BCUT2D eigenvalue weighted by atomic mass is 16.3. The number of hydrogen-bond acceptors (Lipinski definition) is 4. The van der Waals surface area contributed by atoms with Gasteiger partial charge in [-0.2, -0.15) is 0 Å². The van der Waals surface area contributed by atoms with Crippen LogP contribution in [-0.2, 0) is 4.79 Å². The summed E-state index contributed by atoms with van der Waals surface area (Å²) in [7, 11) is 0. The van der Waals surface area contributed by atoms with E-state index in [-0.39, 0.29) is 6.61 Å². The molecule has 5 heteroatoms. The third-order valence-corrected chi connectivity index (χ3v) is 9.73. The van der Waals surface area contributed by atoms with Gasteiger partial charge in [-0.25, -0.2) is 0 Å². The van der Waals surface area contributed by atoms with Crippen molar-refractivity contribution in [2.24, 2.45) is 0 Å². The van der Waals surface area contributed by atoms with E-state index in [0.29, 0.717) is 12.8 Å². The van der Waals surface area contributed by atoms with Crippen molar-refractivity contribution in [1.82, 2.24) is 5.32 Å². The van der Waals surface area contributed by atoms with E-state index < -0.39 is 24.2 Å². The second-order valence-corrected chi connectivity index (χ2v) is 14.2. The molecule has 4 N–H and O–H groups in total. The number of amides is 1. The first-order valence-corrected chi connectivity index (χ1v) is 20.3. The van der Waals surface area contributed by atoms with E-state index >= 15 is 0 Å². The Morgan fingerprint density at radius 2 is 0.711 bits per heavy atom. The van der Waals surface area contributed by atoms with Crippen molar-refractivity contribution in [3.63, 3.8) is 0 Å². The topological polar surface area (TPSA) is 89.8 Å². The second kappa shape index (κ2) is 36.2. The monoisotopic (exact) mass is 640 g/mol. The van der Waals surface area contributed by atoms with E-state index in [9.17, 15) is 20.1 Å². The van der Waals surface area contributed by atoms with Gasteiger partial charge in [0, 0.05) is 0 Å². The fourth-order valence-electron chi connectivity index (χ4n) is 6.49. The Labute approximate surface area is 281 Å². The minimum absolute atomic E-state index is 0.308. The Morgan fingerprint density at radius 3 is 1.00 bits per heavy atom. The zero-order valence-corrected chi connectivity index (χ0v) is 30.5. The predicted molar refractivity (Wildman–Crippen MR) is 195 cm³/mol. The van der Waals surface area contributed by atoms with Crippen LogP contribution >= 0.6 is 0 Å². The molecule has 0 aromatic carbocycles. The Kier molecular flexibility index (Phi) is 35.7. The van der Waals surface area contributed by atoms with Crippen LogP contribution in [-0.4, -0.2) is 46.1 Å². The number of hydrogen-bond donors (Lipinski definition) is 4. The zero-order valence-electron chi connectivity index (χ0n) is 30.5. The molecule has 0 saturated carbocycles. The van der Waals surface area contributed by atoms with Gasteiger partial charge in [0.05, 0.1) is 18.8 Å². The van der Waals surface area contributed by atoms with Crippen LogP contribution in [0.2, 0.25) is 0 Å². The average Bonchev–Trinajstić information content (AvgIpc) is 3.04. The third-order valence-electron chi connectivity index (χ3n) is 9.73. The summed E-state index contributed by atoms with van der Waals surface area (Å²) >= 11 is 0. The maximum absolute atomic E-state index is 12.4. The van der Waals surface area contributed by atoms with E-state index in [1.54, 1.807) is 0 Å². The number of carbonyl (C=O) groups excluding carboxylic acids is 1. The van der Waals surface area contributed by atoms with E-state index in [1.165, 1.54) is 167 Å². The SMILES string of the molecule is CCCCCCCCCCCCCCCCCCCCC(O)C(CO)NC(=O)C(O)CCCCCCCCCCCCCCC. The molecule has 0 aliphatic heterocycles. The van der Waals surface area contributed by atoms with E-state index in [0.717, 1.165) is 32.1 Å². The van der Waals surface area contributed by atoms with E-state index in [4.69, 9.17) is 0 Å². The van der Waals surface area contributed by atoms with E-state index in [1.807, 2.05) is 0 Å². The number of aliphatic hydroxyl groups excluding tert-OH is 3. The van der Waals surface area contributed by atoms with Crippen LogP contribution in [0, 0.1) is 0 Å². The molecule has 270 valence electrons. The molecule has 45 heavy (non-hydrogen) atoms. The van der Waals surface area contributed by atoms with Gasteiger partial charge in [0.2, 0.25) is 5.91 Å². The van der Waals surface area contributed by atoms with Crippen molar-refractivity contribution in [3.05, 3.63) is 0 Å². The van der Waals surface area contributed by atoms with Gasteiger partial charge in [0.1, 0.15) is 6.10 Å². The molecule has 0 fully saturated rings. The van der Waals surface area contributed by atoms with Crippen molar-refractivity contribution in [2.45, 2.75) is 244 Å². The smallest absolute Gasteiger partial charge is 0.249 e. The fraction of sp³-hybridized carbons (Fsp3) is 0.975. The van der Waals surface area contributed by atoms with Crippen LogP contribution in [0.15, 0.2) is 0 Å². The summed E-state index contributed by atoms with van der Waals surface area (Å²) in [6.45, 7) is 4.23. The van der Waals surface area contributed by atoms with Gasteiger partial charge < -0.3 is 20.6 Å². The molecule has 1 amide bonds. The molecule has 0 bridgehead atoms. The average molecular weight is 640 g/mol. The first kappa shape index (κ1) is 44.4. The maximum Gasteiger partial charge on any atom is 0.249 e. The molecule has 0 aliphatic carbocycles. The molecule has 3 atom stereocenters. The molecule has 0 aromatic heterocycles. The molecule has 0 aromatic rings. The molecule has 0 spiro atoms. The Hall–Kier alpha value is -0.650. The van der Waals surface area contributed by atoms with Gasteiger partial charge in [0.15, 0.2) is 0 Å². The lowest BCUT2D eigenvalue weighted by molar-refractivity contribution is -0.131. The highest BCUT2D eigenvalue weighted by Gasteiger charge is 2.23. The Morgan fingerprint density at radius 1 is 0.444 bits per heavy atom. The Balaban J connectivity index is 3.61. The zero-order chi connectivity index (χ0) is 33.1. The van der Waals surface area contributed by atoms with Gasteiger partial charge in [-0.15, -0.1) is 0 Å². The summed E-state index contributed by atoms with van der Waals surface area (Å²) in [4.78, 5) is 12.4. The molecule has 3 unspecified atom stereocenters. The lowest BCUT2D eigenvalue weighted by Gasteiger charge is -2.23. The summed E-state index contributed by atoms with van der Waals surface area (Å²) in [6.07, 6.45) is 39.5. The van der Waals surface area contributed by atoms with Crippen LogP contribution in [0.1, 0.15) is 226 Å². The summed E-state index contributed by atoms with van der Waals surface area (Å²) < 4.78 is 0. The number of nitrogens with one attached hydrogen (secondary N) is 1. The highest BCUT2D eigenvalue weighted by Crippen LogP contribution is 2.16. The standard InChI is InChI=1S/C40H81NO4/c1-3-5-7-9-11-13-15-17-18-19-20-21-23-24-26-28-30-32-34-38(43)37(36-42)41-40(45)39(44)35-33-31-29-27-25-22-16-14-12-10-8-6-4-2/h37-39,42-44H,3-36H2,1-2H3,(H,41,45). The molecule has 0 radical (unpaired) electrons. The van der Waals surface area contributed by atoms with Crippen LogP contribution in [0.25, 0.3) is 0 Å². The van der Waals surface area contributed by atoms with Crippen molar-refractivity contribution >= 4 is 5.91 Å². The van der Waals surface area contributed by atoms with Crippen molar-refractivity contribution < 1.29 is 20.1 Å². The summed E-state index contributed by atoms with van der Waals surface area (Å²) in [5.41, 5.74) is 0. The summed E-state index contributed by atoms with van der Waals surface area (Å²) in [5.74, 6) is -0.468. The minimum Gasteiger partial charge on any atom is -0.394 e. The van der Waals surface area contributed by atoms with Gasteiger partial charge in [-0.3, -0.25) is 4.79 Å². The van der Waals surface area contributed by atoms with Gasteiger partial charge in [-0.05, 0) is 12.8 Å².